The van der Waals surface area contributed by atoms with Crippen LogP contribution in [-0.4, -0.2) is 18.6 Å². The van der Waals surface area contributed by atoms with Crippen LogP contribution in [0.2, 0.25) is 0 Å². The fraction of sp³-hybridized carbons (Fsp3) is 0.417. The summed E-state index contributed by atoms with van der Waals surface area (Å²) in [5, 5.41) is 0. The Balaban J connectivity index is 2.34. The van der Waals surface area contributed by atoms with Crippen LogP contribution >= 0.6 is 0 Å². The van der Waals surface area contributed by atoms with E-state index in [4.69, 9.17) is 16.2 Å². The van der Waals surface area contributed by atoms with Gasteiger partial charge in [-0.3, -0.25) is 0 Å². The second-order valence-electron chi connectivity index (χ2n) is 3.55. The largest absolute Gasteiger partial charge is 0.425 e. The standard InChI is InChI=1S/C12H17N2O2/c13-9-5-4-8-11(14)12(15)16-10-6-2-1-3-7-10/h2-3,6-7,11H,4-5,8-9,13-14H2. The highest BCUT2D eigenvalue weighted by Gasteiger charge is 2.14. The SMILES string of the molecule is NCCCCC(N)C(=O)Oc1cc[c]cc1. The third kappa shape index (κ3) is 4.42. The molecular weight excluding hydrogens is 204 g/mol. The fourth-order valence-electron chi connectivity index (χ4n) is 1.26. The molecule has 1 radical (unpaired) electrons. The van der Waals surface area contributed by atoms with E-state index < -0.39 is 12.0 Å². The smallest absolute Gasteiger partial charge is 0.328 e. The van der Waals surface area contributed by atoms with E-state index in [-0.39, 0.29) is 0 Å². The number of rotatable bonds is 6. The zero-order valence-electron chi connectivity index (χ0n) is 9.19. The van der Waals surface area contributed by atoms with Gasteiger partial charge in [0, 0.05) is 0 Å². The molecule has 16 heavy (non-hydrogen) atoms. The fourth-order valence-corrected chi connectivity index (χ4v) is 1.26. The first-order valence-corrected chi connectivity index (χ1v) is 5.37. The van der Waals surface area contributed by atoms with Crippen LogP contribution in [0.1, 0.15) is 19.3 Å². The molecule has 0 aliphatic rings. The van der Waals surface area contributed by atoms with Gasteiger partial charge in [-0.1, -0.05) is 18.6 Å². The van der Waals surface area contributed by atoms with E-state index in [1.807, 2.05) is 0 Å². The summed E-state index contributed by atoms with van der Waals surface area (Å²) in [5.74, 6) is 0.0984. The lowest BCUT2D eigenvalue weighted by Crippen LogP contribution is -2.34. The molecular formula is C12H17N2O2. The predicted molar refractivity (Wildman–Crippen MR) is 61.8 cm³/mol. The molecule has 0 saturated carbocycles. The first-order valence-electron chi connectivity index (χ1n) is 5.37. The maximum atomic E-state index is 11.5. The molecule has 4 heteroatoms. The number of hydrogen-bond acceptors (Lipinski definition) is 4. The van der Waals surface area contributed by atoms with Crippen molar-refractivity contribution in [2.45, 2.75) is 25.3 Å². The lowest BCUT2D eigenvalue weighted by atomic mass is 10.1. The Morgan fingerprint density at radius 1 is 1.38 bits per heavy atom. The van der Waals surface area contributed by atoms with Gasteiger partial charge in [-0.05, 0) is 37.6 Å². The van der Waals surface area contributed by atoms with Crippen LogP contribution in [0.5, 0.6) is 5.75 Å². The second kappa shape index (κ2) is 6.98. The number of hydrogen-bond donors (Lipinski definition) is 2. The van der Waals surface area contributed by atoms with E-state index in [1.165, 1.54) is 0 Å². The van der Waals surface area contributed by atoms with Gasteiger partial charge < -0.3 is 16.2 Å². The number of carbonyl (C=O) groups is 1. The van der Waals surface area contributed by atoms with Gasteiger partial charge in [0.2, 0.25) is 0 Å². The van der Waals surface area contributed by atoms with Crippen molar-refractivity contribution in [3.05, 3.63) is 30.3 Å². The van der Waals surface area contributed by atoms with Crippen molar-refractivity contribution in [2.24, 2.45) is 11.5 Å². The molecule has 0 aliphatic heterocycles. The average molecular weight is 221 g/mol. The number of nitrogens with two attached hydrogens (primary N) is 2. The molecule has 0 fully saturated rings. The Hall–Kier alpha value is -1.39. The van der Waals surface area contributed by atoms with Gasteiger partial charge in [0.05, 0.1) is 0 Å². The van der Waals surface area contributed by atoms with Crippen molar-refractivity contribution in [1.82, 2.24) is 0 Å². The summed E-state index contributed by atoms with van der Waals surface area (Å²) in [6, 6.07) is 8.98. The summed E-state index contributed by atoms with van der Waals surface area (Å²) in [6.45, 7) is 0.621. The second-order valence-corrected chi connectivity index (χ2v) is 3.55. The molecule has 0 aliphatic carbocycles. The predicted octanol–water partition coefficient (Wildman–Crippen LogP) is 0.848. The van der Waals surface area contributed by atoms with Gasteiger partial charge in [-0.2, -0.15) is 0 Å². The number of unbranched alkanes of at least 4 members (excludes halogenated alkanes) is 1. The normalized spacial score (nSPS) is 12.1. The molecule has 4 N–H and O–H groups in total. The summed E-state index contributed by atoms with van der Waals surface area (Å²) in [5.41, 5.74) is 11.0. The summed E-state index contributed by atoms with van der Waals surface area (Å²) >= 11 is 0. The van der Waals surface area contributed by atoms with Crippen LogP contribution in [0.4, 0.5) is 0 Å². The number of benzene rings is 1. The molecule has 0 heterocycles. The van der Waals surface area contributed by atoms with E-state index in [1.54, 1.807) is 24.3 Å². The minimum atomic E-state index is -0.573. The monoisotopic (exact) mass is 221 g/mol. The highest BCUT2D eigenvalue weighted by Crippen LogP contribution is 2.10. The molecule has 1 aromatic carbocycles. The van der Waals surface area contributed by atoms with Gasteiger partial charge in [0.15, 0.2) is 0 Å². The molecule has 0 saturated heterocycles. The molecule has 0 amide bonds. The quantitative estimate of drug-likeness (QED) is 0.424. The summed E-state index contributed by atoms with van der Waals surface area (Å²) in [7, 11) is 0. The van der Waals surface area contributed by atoms with Crippen molar-refractivity contribution in [3.63, 3.8) is 0 Å². The number of ether oxygens (including phenoxy) is 1. The van der Waals surface area contributed by atoms with Crippen LogP contribution in [0.15, 0.2) is 24.3 Å². The molecule has 4 nitrogen and oxygen atoms in total. The van der Waals surface area contributed by atoms with Crippen LogP contribution in [-0.2, 0) is 4.79 Å². The zero-order chi connectivity index (χ0) is 11.8. The van der Waals surface area contributed by atoms with Gasteiger partial charge in [-0.15, -0.1) is 0 Å². The summed E-state index contributed by atoms with van der Waals surface area (Å²) < 4.78 is 5.09. The minimum absolute atomic E-state index is 0.400. The van der Waals surface area contributed by atoms with Gasteiger partial charge in [0.25, 0.3) is 0 Å². The molecule has 1 aromatic rings. The third-order valence-electron chi connectivity index (χ3n) is 2.18. The Bertz CT molecular complexity index is 314. The summed E-state index contributed by atoms with van der Waals surface area (Å²) in [4.78, 5) is 11.5. The van der Waals surface area contributed by atoms with Gasteiger partial charge in [0.1, 0.15) is 11.8 Å². The van der Waals surface area contributed by atoms with Crippen LogP contribution in [0.25, 0.3) is 0 Å². The highest BCUT2D eigenvalue weighted by molar-refractivity contribution is 5.77. The first kappa shape index (κ1) is 12.7. The molecule has 0 spiro atoms. The summed E-state index contributed by atoms with van der Waals surface area (Å²) in [6.07, 6.45) is 2.33. The van der Waals surface area contributed by atoms with Crippen LogP contribution in [0, 0.1) is 6.07 Å². The van der Waals surface area contributed by atoms with Crippen molar-refractivity contribution >= 4 is 5.97 Å². The first-order chi connectivity index (χ1) is 7.74. The van der Waals surface area contributed by atoms with E-state index in [9.17, 15) is 4.79 Å². The van der Waals surface area contributed by atoms with E-state index in [0.717, 1.165) is 12.8 Å². The third-order valence-corrected chi connectivity index (χ3v) is 2.18. The molecule has 1 unspecified atom stereocenters. The maximum Gasteiger partial charge on any atom is 0.328 e. The average Bonchev–Trinajstić information content (AvgIpc) is 2.30. The zero-order valence-corrected chi connectivity index (χ0v) is 9.19. The molecule has 87 valence electrons. The Labute approximate surface area is 95.6 Å². The van der Waals surface area contributed by atoms with Crippen molar-refractivity contribution in [2.75, 3.05) is 6.54 Å². The molecule has 0 bridgehead atoms. The number of esters is 1. The van der Waals surface area contributed by atoms with Crippen molar-refractivity contribution in [3.8, 4) is 5.75 Å². The van der Waals surface area contributed by atoms with E-state index in [2.05, 4.69) is 6.07 Å². The van der Waals surface area contributed by atoms with Crippen molar-refractivity contribution < 1.29 is 9.53 Å². The minimum Gasteiger partial charge on any atom is -0.425 e. The molecule has 1 atom stereocenters. The number of carbonyl (C=O) groups excluding carboxylic acids is 1. The topological polar surface area (TPSA) is 78.3 Å². The van der Waals surface area contributed by atoms with Crippen molar-refractivity contribution in [1.29, 1.82) is 0 Å². The van der Waals surface area contributed by atoms with E-state index >= 15 is 0 Å². The van der Waals surface area contributed by atoms with Gasteiger partial charge >= 0.3 is 5.97 Å². The lowest BCUT2D eigenvalue weighted by Gasteiger charge is -2.10. The Morgan fingerprint density at radius 3 is 2.69 bits per heavy atom. The van der Waals surface area contributed by atoms with Gasteiger partial charge in [-0.25, -0.2) is 4.79 Å². The van der Waals surface area contributed by atoms with Crippen LogP contribution in [0.3, 0.4) is 0 Å². The Kier molecular flexibility index (Phi) is 5.53. The molecule has 0 aromatic heterocycles. The Morgan fingerprint density at radius 2 is 2.06 bits per heavy atom. The van der Waals surface area contributed by atoms with Crippen LogP contribution < -0.4 is 16.2 Å². The van der Waals surface area contributed by atoms with E-state index in [0.29, 0.717) is 18.7 Å². The maximum absolute atomic E-state index is 11.5. The lowest BCUT2D eigenvalue weighted by molar-refractivity contribution is -0.136. The molecule has 1 rings (SSSR count). The highest BCUT2D eigenvalue weighted by atomic mass is 16.5.